The molecule has 1 aromatic heterocycles. The summed E-state index contributed by atoms with van der Waals surface area (Å²) < 4.78 is 44.5. The second-order valence-corrected chi connectivity index (χ2v) is 9.83. The van der Waals surface area contributed by atoms with Gasteiger partial charge >= 0.3 is 0 Å². The Balaban J connectivity index is 1.57. The second kappa shape index (κ2) is 8.43. The highest BCUT2D eigenvalue weighted by molar-refractivity contribution is 7.91. The summed E-state index contributed by atoms with van der Waals surface area (Å²) >= 11 is 0. The molecule has 0 radical (unpaired) electrons. The molecular formula is C23H23N3O6S. The number of fused-ring (bicyclic) bond motifs is 1. The lowest BCUT2D eigenvalue weighted by molar-refractivity contribution is -0.122. The Labute approximate surface area is 191 Å². The van der Waals surface area contributed by atoms with Gasteiger partial charge in [-0.2, -0.15) is 4.98 Å². The molecule has 10 heteroatoms. The van der Waals surface area contributed by atoms with Gasteiger partial charge in [-0.1, -0.05) is 18.2 Å². The van der Waals surface area contributed by atoms with Gasteiger partial charge in [0.15, 0.2) is 11.5 Å². The molecule has 2 aliphatic rings. The summed E-state index contributed by atoms with van der Waals surface area (Å²) in [6, 6.07) is 13.6. The van der Waals surface area contributed by atoms with Crippen molar-refractivity contribution in [2.75, 3.05) is 31.2 Å². The van der Waals surface area contributed by atoms with E-state index in [0.29, 0.717) is 56.2 Å². The number of rotatable bonds is 5. The number of aromatic nitrogens is 1. The number of benzene rings is 2. The molecule has 5 rings (SSSR count). The van der Waals surface area contributed by atoms with Gasteiger partial charge in [-0.25, -0.2) is 8.42 Å². The molecule has 0 saturated carbocycles. The van der Waals surface area contributed by atoms with Crippen LogP contribution in [0.4, 0.5) is 5.88 Å². The number of oxazole rings is 1. The average molecular weight is 470 g/mol. The molecule has 3 heterocycles. The fraction of sp³-hybridized carbons (Fsp3) is 0.304. The molecule has 3 aromatic rings. The Bertz CT molecular complexity index is 1280. The number of sulfone groups is 1. The van der Waals surface area contributed by atoms with E-state index >= 15 is 0 Å². The normalized spacial score (nSPS) is 16.5. The Morgan fingerprint density at radius 2 is 1.70 bits per heavy atom. The highest BCUT2D eigenvalue weighted by Gasteiger charge is 2.34. The number of hydrogen-bond acceptors (Lipinski definition) is 8. The van der Waals surface area contributed by atoms with E-state index in [1.54, 1.807) is 18.2 Å². The van der Waals surface area contributed by atoms with Crippen LogP contribution in [-0.4, -0.2) is 45.6 Å². The van der Waals surface area contributed by atoms with Crippen molar-refractivity contribution in [2.24, 2.45) is 11.7 Å². The summed E-state index contributed by atoms with van der Waals surface area (Å²) in [6.45, 7) is 1.62. The average Bonchev–Trinajstić information content (AvgIpc) is 3.31. The zero-order chi connectivity index (χ0) is 23.0. The van der Waals surface area contributed by atoms with Gasteiger partial charge in [-0.15, -0.1) is 0 Å². The van der Waals surface area contributed by atoms with Crippen LogP contribution >= 0.6 is 0 Å². The van der Waals surface area contributed by atoms with Gasteiger partial charge in [0.05, 0.1) is 4.90 Å². The molecule has 1 saturated heterocycles. The van der Waals surface area contributed by atoms with Crippen molar-refractivity contribution in [2.45, 2.75) is 22.8 Å². The molecule has 2 aliphatic heterocycles. The largest absolute Gasteiger partial charge is 0.486 e. The van der Waals surface area contributed by atoms with Crippen LogP contribution in [0.1, 0.15) is 12.8 Å². The minimum atomic E-state index is -4.04. The highest BCUT2D eigenvalue weighted by Crippen LogP contribution is 2.39. The zero-order valence-electron chi connectivity index (χ0n) is 17.8. The highest BCUT2D eigenvalue weighted by atomic mass is 32.2. The second-order valence-electron chi connectivity index (χ2n) is 7.97. The van der Waals surface area contributed by atoms with Gasteiger partial charge in [0.1, 0.15) is 13.2 Å². The Morgan fingerprint density at radius 1 is 1.00 bits per heavy atom. The van der Waals surface area contributed by atoms with E-state index in [4.69, 9.17) is 19.6 Å². The first kappa shape index (κ1) is 21.3. The Kier molecular flexibility index (Phi) is 5.45. The van der Waals surface area contributed by atoms with Crippen molar-refractivity contribution < 1.29 is 27.1 Å². The van der Waals surface area contributed by atoms with Gasteiger partial charge < -0.3 is 24.5 Å². The van der Waals surface area contributed by atoms with Crippen LogP contribution in [0.15, 0.2) is 62.9 Å². The SMILES string of the molecule is NC(=O)C1CCN(c2oc(-c3ccccc3)nc2S(=O)(=O)c2ccc3c(c2)OCCO3)CC1. The van der Waals surface area contributed by atoms with Crippen LogP contribution in [-0.2, 0) is 14.6 Å². The minimum Gasteiger partial charge on any atom is -0.486 e. The van der Waals surface area contributed by atoms with E-state index in [1.165, 1.54) is 12.1 Å². The van der Waals surface area contributed by atoms with Crippen LogP contribution in [0.25, 0.3) is 11.5 Å². The number of nitrogens with zero attached hydrogens (tertiary/aromatic N) is 2. The van der Waals surface area contributed by atoms with Crippen molar-refractivity contribution in [1.29, 1.82) is 0 Å². The number of primary amides is 1. The number of piperidine rings is 1. The summed E-state index contributed by atoms with van der Waals surface area (Å²) in [5.74, 6) is 0.652. The molecule has 2 aromatic carbocycles. The number of anilines is 1. The van der Waals surface area contributed by atoms with Crippen molar-refractivity contribution in [3.8, 4) is 23.0 Å². The minimum absolute atomic E-state index is 0.0351. The maximum atomic E-state index is 13.7. The molecule has 0 aliphatic carbocycles. The number of hydrogen-bond donors (Lipinski definition) is 1. The van der Waals surface area contributed by atoms with Crippen molar-refractivity contribution >= 4 is 21.6 Å². The van der Waals surface area contributed by atoms with Crippen LogP contribution in [0.2, 0.25) is 0 Å². The first-order valence-corrected chi connectivity index (χ1v) is 12.2. The number of carbonyl (C=O) groups is 1. The molecule has 33 heavy (non-hydrogen) atoms. The van der Waals surface area contributed by atoms with Gasteiger partial charge in [0, 0.05) is 30.6 Å². The molecule has 0 atom stereocenters. The fourth-order valence-electron chi connectivity index (χ4n) is 4.05. The van der Waals surface area contributed by atoms with Crippen molar-refractivity contribution in [1.82, 2.24) is 4.98 Å². The summed E-state index contributed by atoms with van der Waals surface area (Å²) in [5.41, 5.74) is 6.11. The summed E-state index contributed by atoms with van der Waals surface area (Å²) in [4.78, 5) is 17.8. The number of amides is 1. The van der Waals surface area contributed by atoms with E-state index in [9.17, 15) is 13.2 Å². The number of ether oxygens (including phenoxy) is 2. The third-order valence-electron chi connectivity index (χ3n) is 5.86. The van der Waals surface area contributed by atoms with E-state index in [0.717, 1.165) is 0 Å². The smallest absolute Gasteiger partial charge is 0.236 e. The van der Waals surface area contributed by atoms with Gasteiger partial charge in [0.2, 0.25) is 32.5 Å². The van der Waals surface area contributed by atoms with Crippen molar-refractivity contribution in [3.63, 3.8) is 0 Å². The standard InChI is InChI=1S/C23H23N3O6S/c24-20(27)15-8-10-26(11-9-15)23-22(25-21(32-23)16-4-2-1-3-5-16)33(28,29)17-6-7-18-19(14-17)31-13-12-30-18/h1-7,14-15H,8-13H2,(H2,24,27). The van der Waals surface area contributed by atoms with Crippen molar-refractivity contribution in [3.05, 3.63) is 48.5 Å². The molecule has 0 spiro atoms. The molecule has 2 N–H and O–H groups in total. The van der Waals surface area contributed by atoms with Crippen LogP contribution < -0.4 is 20.1 Å². The topological polar surface area (TPSA) is 125 Å². The third kappa shape index (κ3) is 4.02. The summed E-state index contributed by atoms with van der Waals surface area (Å²) in [7, 11) is -4.04. The summed E-state index contributed by atoms with van der Waals surface area (Å²) in [6.07, 6.45) is 1.03. The lowest BCUT2D eigenvalue weighted by Crippen LogP contribution is -2.38. The molecule has 9 nitrogen and oxygen atoms in total. The predicted octanol–water partition coefficient (Wildman–Crippen LogP) is 2.65. The monoisotopic (exact) mass is 469 g/mol. The maximum absolute atomic E-state index is 13.7. The van der Waals surface area contributed by atoms with Gasteiger partial charge in [0.25, 0.3) is 0 Å². The number of carbonyl (C=O) groups excluding carboxylic acids is 1. The molecular weight excluding hydrogens is 446 g/mol. The lowest BCUT2D eigenvalue weighted by Gasteiger charge is -2.30. The van der Waals surface area contributed by atoms with E-state index in [1.807, 2.05) is 23.1 Å². The molecule has 0 bridgehead atoms. The van der Waals surface area contributed by atoms with Crippen LogP contribution in [0.5, 0.6) is 11.5 Å². The molecule has 1 amide bonds. The van der Waals surface area contributed by atoms with Crippen LogP contribution in [0, 0.1) is 5.92 Å². The van der Waals surface area contributed by atoms with Gasteiger partial charge in [-0.05, 0) is 37.1 Å². The van der Waals surface area contributed by atoms with Gasteiger partial charge in [-0.3, -0.25) is 4.79 Å². The first-order chi connectivity index (χ1) is 15.9. The molecule has 0 unspecified atom stereocenters. The summed E-state index contributed by atoms with van der Waals surface area (Å²) in [5, 5.41) is -0.171. The van der Waals surface area contributed by atoms with Crippen LogP contribution in [0.3, 0.4) is 0 Å². The molecule has 1 fully saturated rings. The quantitative estimate of drug-likeness (QED) is 0.605. The van der Waals surface area contributed by atoms with E-state index < -0.39 is 9.84 Å². The Morgan fingerprint density at radius 3 is 2.39 bits per heavy atom. The Hall–Kier alpha value is -3.53. The maximum Gasteiger partial charge on any atom is 0.236 e. The molecule has 172 valence electrons. The predicted molar refractivity (Wildman–Crippen MR) is 119 cm³/mol. The zero-order valence-corrected chi connectivity index (χ0v) is 18.6. The fourth-order valence-corrected chi connectivity index (χ4v) is 5.38. The van der Waals surface area contributed by atoms with E-state index in [2.05, 4.69) is 4.98 Å². The third-order valence-corrected chi connectivity index (χ3v) is 7.51. The first-order valence-electron chi connectivity index (χ1n) is 10.7. The lowest BCUT2D eigenvalue weighted by atomic mass is 9.96. The van der Waals surface area contributed by atoms with E-state index in [-0.39, 0.29) is 33.5 Å². The number of nitrogens with two attached hydrogens (primary N) is 1.